The fraction of sp³-hybridized carbons (Fsp3) is 0.462. The first-order valence-corrected chi connectivity index (χ1v) is 6.80. The van der Waals surface area contributed by atoms with Gasteiger partial charge in [-0.1, -0.05) is 19.4 Å². The van der Waals surface area contributed by atoms with Crippen LogP contribution in [0.1, 0.15) is 26.7 Å². The van der Waals surface area contributed by atoms with Crippen LogP contribution in [0.15, 0.2) is 22.7 Å². The lowest BCUT2D eigenvalue weighted by Crippen LogP contribution is -2.36. The summed E-state index contributed by atoms with van der Waals surface area (Å²) in [6.45, 7) is 4.04. The molecule has 0 bridgehead atoms. The Morgan fingerprint density at radius 1 is 1.56 bits per heavy atom. The maximum atomic E-state index is 11.6. The minimum absolute atomic E-state index is 0.0269. The van der Waals surface area contributed by atoms with Gasteiger partial charge in [-0.05, 0) is 41.4 Å². The van der Waals surface area contributed by atoms with E-state index in [0.717, 1.165) is 17.3 Å². The first-order chi connectivity index (χ1) is 8.54. The van der Waals surface area contributed by atoms with E-state index in [2.05, 4.69) is 28.2 Å². The van der Waals surface area contributed by atoms with Crippen molar-refractivity contribution in [3.05, 3.63) is 22.7 Å². The highest BCUT2D eigenvalue weighted by Gasteiger charge is 2.10. The average molecular weight is 315 g/mol. The SMILES string of the molecule is CCCC(C)NC(=O)COc1c(N)cccc1Br. The molecule has 1 aromatic carbocycles. The van der Waals surface area contributed by atoms with Gasteiger partial charge in [0, 0.05) is 6.04 Å². The smallest absolute Gasteiger partial charge is 0.258 e. The summed E-state index contributed by atoms with van der Waals surface area (Å²) in [5.41, 5.74) is 6.28. The molecule has 0 aliphatic carbocycles. The number of anilines is 1. The number of hydrogen-bond donors (Lipinski definition) is 2. The number of hydrogen-bond acceptors (Lipinski definition) is 3. The quantitative estimate of drug-likeness (QED) is 0.793. The molecular formula is C13H19BrN2O2. The Morgan fingerprint density at radius 2 is 2.28 bits per heavy atom. The maximum absolute atomic E-state index is 11.6. The molecule has 0 aromatic heterocycles. The summed E-state index contributed by atoms with van der Waals surface area (Å²) in [6.07, 6.45) is 2.00. The predicted molar refractivity (Wildman–Crippen MR) is 76.6 cm³/mol. The molecule has 0 saturated heterocycles. The molecule has 1 atom stereocenters. The van der Waals surface area contributed by atoms with E-state index in [1.807, 2.05) is 19.1 Å². The van der Waals surface area contributed by atoms with Crippen molar-refractivity contribution in [2.24, 2.45) is 0 Å². The normalized spacial score (nSPS) is 11.9. The summed E-state index contributed by atoms with van der Waals surface area (Å²) in [4.78, 5) is 11.6. The average Bonchev–Trinajstić information content (AvgIpc) is 2.28. The molecule has 5 heteroatoms. The van der Waals surface area contributed by atoms with Crippen molar-refractivity contribution in [1.82, 2.24) is 5.32 Å². The number of para-hydroxylation sites is 1. The van der Waals surface area contributed by atoms with Crippen molar-refractivity contribution >= 4 is 27.5 Å². The number of carbonyl (C=O) groups excluding carboxylic acids is 1. The van der Waals surface area contributed by atoms with Gasteiger partial charge in [-0.15, -0.1) is 0 Å². The van der Waals surface area contributed by atoms with Gasteiger partial charge >= 0.3 is 0 Å². The van der Waals surface area contributed by atoms with Crippen LogP contribution in [0.2, 0.25) is 0 Å². The summed E-state index contributed by atoms with van der Waals surface area (Å²) in [5.74, 6) is 0.377. The van der Waals surface area contributed by atoms with E-state index in [0.29, 0.717) is 11.4 Å². The molecule has 1 amide bonds. The van der Waals surface area contributed by atoms with Crippen molar-refractivity contribution in [1.29, 1.82) is 0 Å². The molecular weight excluding hydrogens is 296 g/mol. The van der Waals surface area contributed by atoms with Gasteiger partial charge in [0.15, 0.2) is 12.4 Å². The van der Waals surface area contributed by atoms with Crippen LogP contribution in [-0.2, 0) is 4.79 Å². The summed E-state index contributed by atoms with van der Waals surface area (Å²) in [6, 6.07) is 5.54. The van der Waals surface area contributed by atoms with Crippen molar-refractivity contribution in [2.45, 2.75) is 32.7 Å². The van der Waals surface area contributed by atoms with Crippen LogP contribution in [0, 0.1) is 0 Å². The molecule has 0 aliphatic heterocycles. The van der Waals surface area contributed by atoms with Crippen LogP contribution in [-0.4, -0.2) is 18.6 Å². The number of amides is 1. The number of carbonyl (C=O) groups is 1. The summed E-state index contributed by atoms with van der Waals surface area (Å²) in [7, 11) is 0. The molecule has 0 radical (unpaired) electrons. The van der Waals surface area contributed by atoms with Crippen LogP contribution in [0.4, 0.5) is 5.69 Å². The van der Waals surface area contributed by atoms with Crippen molar-refractivity contribution < 1.29 is 9.53 Å². The number of nitrogens with two attached hydrogens (primary N) is 1. The molecule has 0 fully saturated rings. The molecule has 1 aromatic rings. The van der Waals surface area contributed by atoms with Crippen molar-refractivity contribution in [3.8, 4) is 5.75 Å². The Hall–Kier alpha value is -1.23. The minimum Gasteiger partial charge on any atom is -0.480 e. The third-order valence-corrected chi connectivity index (χ3v) is 3.10. The van der Waals surface area contributed by atoms with Gasteiger partial charge in [0.05, 0.1) is 10.2 Å². The molecule has 0 spiro atoms. The molecule has 4 nitrogen and oxygen atoms in total. The van der Waals surface area contributed by atoms with Crippen LogP contribution in [0.5, 0.6) is 5.75 Å². The number of rotatable bonds is 6. The molecule has 3 N–H and O–H groups in total. The Morgan fingerprint density at radius 3 is 2.89 bits per heavy atom. The summed E-state index contributed by atoms with van der Waals surface area (Å²) >= 11 is 3.34. The van der Waals surface area contributed by atoms with Crippen molar-refractivity contribution in [2.75, 3.05) is 12.3 Å². The van der Waals surface area contributed by atoms with Crippen LogP contribution >= 0.6 is 15.9 Å². The molecule has 0 aliphatic rings. The molecule has 1 unspecified atom stereocenters. The second-order valence-corrected chi connectivity index (χ2v) is 5.06. The van der Waals surface area contributed by atoms with Gasteiger partial charge in [0.2, 0.25) is 0 Å². The zero-order chi connectivity index (χ0) is 13.5. The van der Waals surface area contributed by atoms with E-state index in [1.54, 1.807) is 6.07 Å². The van der Waals surface area contributed by atoms with E-state index in [-0.39, 0.29) is 18.6 Å². The van der Waals surface area contributed by atoms with E-state index < -0.39 is 0 Å². The van der Waals surface area contributed by atoms with E-state index in [9.17, 15) is 4.79 Å². The fourth-order valence-corrected chi connectivity index (χ4v) is 2.13. The third-order valence-electron chi connectivity index (χ3n) is 2.47. The van der Waals surface area contributed by atoms with Gasteiger partial charge < -0.3 is 15.8 Å². The lowest BCUT2D eigenvalue weighted by molar-refractivity contribution is -0.123. The van der Waals surface area contributed by atoms with Gasteiger partial charge in [-0.3, -0.25) is 4.79 Å². The first kappa shape index (κ1) is 14.8. The van der Waals surface area contributed by atoms with Gasteiger partial charge in [-0.2, -0.15) is 0 Å². The largest absolute Gasteiger partial charge is 0.480 e. The van der Waals surface area contributed by atoms with Gasteiger partial charge in [0.25, 0.3) is 5.91 Å². The monoisotopic (exact) mass is 314 g/mol. The summed E-state index contributed by atoms with van der Waals surface area (Å²) < 4.78 is 6.17. The standard InChI is InChI=1S/C13H19BrN2O2/c1-3-5-9(2)16-12(17)8-18-13-10(14)6-4-7-11(13)15/h4,6-7,9H,3,5,8,15H2,1-2H3,(H,16,17). The highest BCUT2D eigenvalue weighted by molar-refractivity contribution is 9.10. The Kier molecular flexibility index (Phi) is 5.98. The van der Waals surface area contributed by atoms with Crippen LogP contribution < -0.4 is 15.8 Å². The number of halogens is 1. The molecule has 1 rings (SSSR count). The second-order valence-electron chi connectivity index (χ2n) is 4.20. The highest BCUT2D eigenvalue weighted by Crippen LogP contribution is 2.30. The lowest BCUT2D eigenvalue weighted by atomic mass is 10.2. The Bertz CT molecular complexity index is 390. The number of ether oxygens (including phenoxy) is 1. The van der Waals surface area contributed by atoms with E-state index >= 15 is 0 Å². The predicted octanol–water partition coefficient (Wildman–Crippen LogP) is 2.71. The first-order valence-electron chi connectivity index (χ1n) is 6.00. The molecule has 18 heavy (non-hydrogen) atoms. The van der Waals surface area contributed by atoms with Crippen LogP contribution in [0.3, 0.4) is 0 Å². The number of nitrogen functional groups attached to an aromatic ring is 1. The number of nitrogens with one attached hydrogen (secondary N) is 1. The molecule has 0 heterocycles. The van der Waals surface area contributed by atoms with Gasteiger partial charge in [0.1, 0.15) is 0 Å². The molecule has 0 saturated carbocycles. The maximum Gasteiger partial charge on any atom is 0.258 e. The lowest BCUT2D eigenvalue weighted by Gasteiger charge is -2.14. The Labute approximate surface area is 116 Å². The van der Waals surface area contributed by atoms with Crippen LogP contribution in [0.25, 0.3) is 0 Å². The molecule has 100 valence electrons. The zero-order valence-electron chi connectivity index (χ0n) is 10.7. The fourth-order valence-electron chi connectivity index (χ4n) is 1.64. The topological polar surface area (TPSA) is 64.3 Å². The third kappa shape index (κ3) is 4.56. The van der Waals surface area contributed by atoms with Crippen molar-refractivity contribution in [3.63, 3.8) is 0 Å². The Balaban J connectivity index is 2.48. The minimum atomic E-state index is -0.133. The van der Waals surface area contributed by atoms with Gasteiger partial charge in [-0.25, -0.2) is 0 Å². The highest BCUT2D eigenvalue weighted by atomic mass is 79.9. The zero-order valence-corrected chi connectivity index (χ0v) is 12.3. The second kappa shape index (κ2) is 7.26. The summed E-state index contributed by atoms with van der Waals surface area (Å²) in [5, 5.41) is 2.87. The van der Waals surface area contributed by atoms with E-state index in [1.165, 1.54) is 0 Å². The number of benzene rings is 1. The van der Waals surface area contributed by atoms with E-state index in [4.69, 9.17) is 10.5 Å².